The second kappa shape index (κ2) is 4.49. The molecular formula is C10H6ClF3N2O2. The van der Waals surface area contributed by atoms with E-state index in [1.807, 2.05) is 0 Å². The zero-order valence-corrected chi connectivity index (χ0v) is 9.46. The van der Waals surface area contributed by atoms with Gasteiger partial charge in [0.2, 0.25) is 0 Å². The molecule has 2 rings (SSSR count). The van der Waals surface area contributed by atoms with Crippen molar-refractivity contribution in [2.24, 2.45) is 0 Å². The minimum Gasteiger partial charge on any atom is -0.508 e. The Labute approximate surface area is 104 Å². The molecule has 0 spiro atoms. The molecule has 0 amide bonds. The number of hydrogen-bond donors (Lipinski definition) is 1. The van der Waals surface area contributed by atoms with Crippen LogP contribution in [0, 0.1) is 0 Å². The van der Waals surface area contributed by atoms with E-state index >= 15 is 0 Å². The van der Waals surface area contributed by atoms with Gasteiger partial charge in [0, 0.05) is 0 Å². The average Bonchev–Trinajstić information content (AvgIpc) is 2.76. The molecule has 1 heterocycles. The smallest absolute Gasteiger partial charge is 0.417 e. The number of halogens is 4. The van der Waals surface area contributed by atoms with Crippen molar-refractivity contribution in [3.05, 3.63) is 29.6 Å². The Morgan fingerprint density at radius 2 is 2.06 bits per heavy atom. The Morgan fingerprint density at radius 3 is 2.61 bits per heavy atom. The second-order valence-corrected chi connectivity index (χ2v) is 3.64. The quantitative estimate of drug-likeness (QED) is 0.857. The van der Waals surface area contributed by atoms with Gasteiger partial charge < -0.3 is 9.63 Å². The van der Waals surface area contributed by atoms with Crippen molar-refractivity contribution in [2.75, 3.05) is 0 Å². The summed E-state index contributed by atoms with van der Waals surface area (Å²) < 4.78 is 43.0. The third-order valence-corrected chi connectivity index (χ3v) is 2.37. The zero-order valence-electron chi connectivity index (χ0n) is 8.70. The SMILES string of the molecule is Oc1ccc(-c2nc(CCl)no2)c(C(F)(F)F)c1. The molecule has 0 saturated carbocycles. The van der Waals surface area contributed by atoms with Crippen LogP contribution in [0.15, 0.2) is 22.7 Å². The molecule has 0 aliphatic rings. The molecule has 0 fully saturated rings. The van der Waals surface area contributed by atoms with Gasteiger partial charge in [-0.2, -0.15) is 18.2 Å². The van der Waals surface area contributed by atoms with Crippen LogP contribution in [0.1, 0.15) is 11.4 Å². The summed E-state index contributed by atoms with van der Waals surface area (Å²) in [5, 5.41) is 12.5. The van der Waals surface area contributed by atoms with Gasteiger partial charge in [-0.1, -0.05) is 5.16 Å². The largest absolute Gasteiger partial charge is 0.508 e. The first-order chi connectivity index (χ1) is 8.41. The minimum absolute atomic E-state index is 0.0665. The van der Waals surface area contributed by atoms with Gasteiger partial charge in [-0.15, -0.1) is 11.6 Å². The van der Waals surface area contributed by atoms with Gasteiger partial charge in [0.1, 0.15) is 5.75 Å². The second-order valence-electron chi connectivity index (χ2n) is 3.38. The van der Waals surface area contributed by atoms with Crippen LogP contribution in [0.2, 0.25) is 0 Å². The molecule has 4 nitrogen and oxygen atoms in total. The van der Waals surface area contributed by atoms with Crippen molar-refractivity contribution in [3.63, 3.8) is 0 Å². The fourth-order valence-electron chi connectivity index (χ4n) is 1.37. The number of aromatic nitrogens is 2. The van der Waals surface area contributed by atoms with E-state index in [4.69, 9.17) is 21.2 Å². The van der Waals surface area contributed by atoms with Crippen molar-refractivity contribution >= 4 is 11.6 Å². The van der Waals surface area contributed by atoms with E-state index in [0.29, 0.717) is 6.07 Å². The van der Waals surface area contributed by atoms with Gasteiger partial charge in [0.05, 0.1) is 17.0 Å². The Hall–Kier alpha value is -1.76. The van der Waals surface area contributed by atoms with E-state index in [0.717, 1.165) is 12.1 Å². The van der Waals surface area contributed by atoms with E-state index in [9.17, 15) is 13.2 Å². The fraction of sp³-hybridized carbons (Fsp3) is 0.200. The van der Waals surface area contributed by atoms with Gasteiger partial charge in [-0.3, -0.25) is 0 Å². The number of rotatable bonds is 2. The molecule has 8 heteroatoms. The predicted octanol–water partition coefficient (Wildman–Crippen LogP) is 3.20. The molecule has 96 valence electrons. The molecule has 0 saturated heterocycles. The topological polar surface area (TPSA) is 59.2 Å². The molecule has 1 N–H and O–H groups in total. The van der Waals surface area contributed by atoms with E-state index in [-0.39, 0.29) is 23.2 Å². The Kier molecular flexibility index (Phi) is 3.16. The summed E-state index contributed by atoms with van der Waals surface area (Å²) in [6, 6.07) is 2.76. The first-order valence-corrected chi connectivity index (χ1v) is 5.24. The van der Waals surface area contributed by atoms with E-state index < -0.39 is 17.5 Å². The maximum atomic E-state index is 12.8. The summed E-state index contributed by atoms with van der Waals surface area (Å²) in [5.74, 6) is -0.767. The molecule has 1 aromatic carbocycles. The number of alkyl halides is 4. The van der Waals surface area contributed by atoms with E-state index in [1.165, 1.54) is 0 Å². The highest BCUT2D eigenvalue weighted by molar-refractivity contribution is 6.16. The highest BCUT2D eigenvalue weighted by atomic mass is 35.5. The molecule has 2 aromatic rings. The van der Waals surface area contributed by atoms with Gasteiger partial charge >= 0.3 is 6.18 Å². The lowest BCUT2D eigenvalue weighted by Crippen LogP contribution is -2.07. The van der Waals surface area contributed by atoms with Gasteiger partial charge in [0.25, 0.3) is 5.89 Å². The third-order valence-electron chi connectivity index (χ3n) is 2.13. The van der Waals surface area contributed by atoms with Crippen LogP contribution in [0.3, 0.4) is 0 Å². The highest BCUT2D eigenvalue weighted by Gasteiger charge is 2.35. The summed E-state index contributed by atoms with van der Waals surface area (Å²) >= 11 is 5.44. The van der Waals surface area contributed by atoms with Crippen molar-refractivity contribution in [1.29, 1.82) is 0 Å². The fourth-order valence-corrected chi connectivity index (χ4v) is 1.48. The standard InChI is InChI=1S/C10H6ClF3N2O2/c11-4-8-15-9(18-16-8)6-2-1-5(17)3-7(6)10(12,13)14/h1-3,17H,4H2. The lowest BCUT2D eigenvalue weighted by molar-refractivity contribution is -0.137. The predicted molar refractivity (Wildman–Crippen MR) is 56.0 cm³/mol. The maximum Gasteiger partial charge on any atom is 0.417 e. The number of nitrogens with zero attached hydrogens (tertiary/aromatic N) is 2. The number of benzene rings is 1. The van der Waals surface area contributed by atoms with Crippen LogP contribution < -0.4 is 0 Å². The molecule has 0 aliphatic carbocycles. The van der Waals surface area contributed by atoms with Gasteiger partial charge in [-0.25, -0.2) is 0 Å². The summed E-state index contributed by atoms with van der Waals surface area (Å²) in [5.41, 5.74) is -1.35. The first-order valence-electron chi connectivity index (χ1n) is 4.71. The molecule has 18 heavy (non-hydrogen) atoms. The molecule has 0 atom stereocenters. The van der Waals surface area contributed by atoms with Crippen LogP contribution in [-0.4, -0.2) is 15.2 Å². The summed E-state index contributed by atoms with van der Waals surface area (Å²) in [7, 11) is 0. The summed E-state index contributed by atoms with van der Waals surface area (Å²) in [6.07, 6.45) is -4.64. The molecule has 1 aromatic heterocycles. The van der Waals surface area contributed by atoms with Crippen molar-refractivity contribution in [1.82, 2.24) is 10.1 Å². The Morgan fingerprint density at radius 1 is 1.33 bits per heavy atom. The van der Waals surface area contributed by atoms with Crippen LogP contribution in [0.4, 0.5) is 13.2 Å². The zero-order chi connectivity index (χ0) is 13.3. The minimum atomic E-state index is -4.64. The van der Waals surface area contributed by atoms with E-state index in [1.54, 1.807) is 0 Å². The monoisotopic (exact) mass is 278 g/mol. The van der Waals surface area contributed by atoms with Crippen molar-refractivity contribution in [2.45, 2.75) is 12.1 Å². The number of hydrogen-bond acceptors (Lipinski definition) is 4. The number of phenols is 1. The van der Waals surface area contributed by atoms with Gasteiger partial charge in [0.15, 0.2) is 5.82 Å². The van der Waals surface area contributed by atoms with Crippen LogP contribution in [0.25, 0.3) is 11.5 Å². The lowest BCUT2D eigenvalue weighted by Gasteiger charge is -2.10. The molecule has 0 aliphatic heterocycles. The normalized spacial score (nSPS) is 11.8. The van der Waals surface area contributed by atoms with Crippen LogP contribution >= 0.6 is 11.6 Å². The molecule has 0 unspecified atom stereocenters. The van der Waals surface area contributed by atoms with E-state index in [2.05, 4.69) is 10.1 Å². The molecule has 0 radical (unpaired) electrons. The average molecular weight is 279 g/mol. The van der Waals surface area contributed by atoms with Crippen molar-refractivity contribution < 1.29 is 22.8 Å². The van der Waals surface area contributed by atoms with Crippen LogP contribution in [-0.2, 0) is 12.1 Å². The molecular weight excluding hydrogens is 273 g/mol. The Bertz CT molecular complexity index is 568. The summed E-state index contributed by atoms with van der Waals surface area (Å²) in [6.45, 7) is 0. The number of aromatic hydroxyl groups is 1. The third kappa shape index (κ3) is 2.40. The summed E-state index contributed by atoms with van der Waals surface area (Å²) in [4.78, 5) is 3.71. The Balaban J connectivity index is 2.56. The lowest BCUT2D eigenvalue weighted by atomic mass is 10.1. The first kappa shape index (κ1) is 12.7. The van der Waals surface area contributed by atoms with Gasteiger partial charge in [-0.05, 0) is 18.2 Å². The van der Waals surface area contributed by atoms with Crippen molar-refractivity contribution in [3.8, 4) is 17.2 Å². The highest BCUT2D eigenvalue weighted by Crippen LogP contribution is 2.38. The molecule has 0 bridgehead atoms. The van der Waals surface area contributed by atoms with Crippen LogP contribution in [0.5, 0.6) is 5.75 Å². The number of phenolic OH excluding ortho intramolecular Hbond substituents is 1. The maximum absolute atomic E-state index is 12.8.